The highest BCUT2D eigenvalue weighted by molar-refractivity contribution is 5.76. The summed E-state index contributed by atoms with van der Waals surface area (Å²) in [4.78, 5) is 4.41. The number of rotatable bonds is 5. The van der Waals surface area contributed by atoms with Crippen molar-refractivity contribution in [3.63, 3.8) is 0 Å². The first-order valence-corrected chi connectivity index (χ1v) is 6.21. The summed E-state index contributed by atoms with van der Waals surface area (Å²) in [5.41, 5.74) is 2.72. The highest BCUT2D eigenvalue weighted by Gasteiger charge is 2.13. The predicted octanol–water partition coefficient (Wildman–Crippen LogP) is 3.20. The van der Waals surface area contributed by atoms with Crippen LogP contribution in [0.25, 0.3) is 11.3 Å². The van der Waals surface area contributed by atoms with E-state index in [1.54, 1.807) is 20.4 Å². The number of hydrogen-bond acceptors (Lipinski definition) is 4. The van der Waals surface area contributed by atoms with Gasteiger partial charge in [0.25, 0.3) is 0 Å². The summed E-state index contributed by atoms with van der Waals surface area (Å²) in [6, 6.07) is 9.63. The highest BCUT2D eigenvalue weighted by Crippen LogP contribution is 2.37. The molecule has 1 heterocycles. The van der Waals surface area contributed by atoms with E-state index in [9.17, 15) is 0 Å². The molecule has 0 saturated heterocycles. The maximum atomic E-state index is 5.40. The fourth-order valence-electron chi connectivity index (χ4n) is 1.98. The van der Waals surface area contributed by atoms with E-state index in [0.717, 1.165) is 35.0 Å². The fourth-order valence-corrected chi connectivity index (χ4v) is 1.98. The molecule has 2 rings (SSSR count). The van der Waals surface area contributed by atoms with Crippen LogP contribution in [0.2, 0.25) is 0 Å². The van der Waals surface area contributed by atoms with Crippen LogP contribution in [0, 0.1) is 0 Å². The molecule has 0 amide bonds. The lowest BCUT2D eigenvalue weighted by atomic mass is 10.1. The van der Waals surface area contributed by atoms with E-state index in [0.29, 0.717) is 0 Å². The Morgan fingerprint density at radius 2 is 1.79 bits per heavy atom. The Hall–Kier alpha value is -2.23. The van der Waals surface area contributed by atoms with E-state index in [2.05, 4.69) is 17.2 Å². The molecule has 1 aromatic heterocycles. The van der Waals surface area contributed by atoms with Crippen LogP contribution in [-0.4, -0.2) is 25.7 Å². The Bertz CT molecular complexity index is 533. The van der Waals surface area contributed by atoms with Crippen molar-refractivity contribution in [3.05, 3.63) is 36.5 Å². The third-order valence-electron chi connectivity index (χ3n) is 2.82. The number of methoxy groups -OCH3 is 2. The smallest absolute Gasteiger partial charge is 0.132 e. The fraction of sp³-hybridized carbons (Fsp3) is 0.267. The average molecular weight is 258 g/mol. The standard InChI is InChI=1S/C15H18N2O2/c1-4-16-11-8-9-17-12(10-11)15-13(18-2)6-5-7-14(15)19-3/h5-10H,4H2,1-3H3,(H,16,17). The van der Waals surface area contributed by atoms with Crippen molar-refractivity contribution >= 4 is 5.69 Å². The molecular formula is C15H18N2O2. The summed E-state index contributed by atoms with van der Waals surface area (Å²) in [7, 11) is 3.29. The van der Waals surface area contributed by atoms with Gasteiger partial charge in [-0.15, -0.1) is 0 Å². The first-order chi connectivity index (χ1) is 9.30. The molecule has 4 nitrogen and oxygen atoms in total. The van der Waals surface area contributed by atoms with Crippen molar-refractivity contribution in [1.29, 1.82) is 0 Å². The Morgan fingerprint density at radius 1 is 1.11 bits per heavy atom. The van der Waals surface area contributed by atoms with Crippen LogP contribution in [0.4, 0.5) is 5.69 Å². The maximum absolute atomic E-state index is 5.40. The van der Waals surface area contributed by atoms with Crippen LogP contribution in [0.5, 0.6) is 11.5 Å². The van der Waals surface area contributed by atoms with Crippen molar-refractivity contribution in [1.82, 2.24) is 4.98 Å². The third-order valence-corrected chi connectivity index (χ3v) is 2.82. The van der Waals surface area contributed by atoms with Gasteiger partial charge in [0.1, 0.15) is 11.5 Å². The molecule has 100 valence electrons. The molecule has 0 bridgehead atoms. The van der Waals surface area contributed by atoms with E-state index in [4.69, 9.17) is 9.47 Å². The van der Waals surface area contributed by atoms with Crippen molar-refractivity contribution in [2.24, 2.45) is 0 Å². The molecule has 0 unspecified atom stereocenters. The highest BCUT2D eigenvalue weighted by atomic mass is 16.5. The molecule has 0 radical (unpaired) electrons. The van der Waals surface area contributed by atoms with Gasteiger partial charge >= 0.3 is 0 Å². The lowest BCUT2D eigenvalue weighted by Gasteiger charge is -2.13. The van der Waals surface area contributed by atoms with Gasteiger partial charge in [0.15, 0.2) is 0 Å². The monoisotopic (exact) mass is 258 g/mol. The topological polar surface area (TPSA) is 43.4 Å². The zero-order valence-electron chi connectivity index (χ0n) is 11.4. The van der Waals surface area contributed by atoms with Crippen LogP contribution in [-0.2, 0) is 0 Å². The molecule has 0 saturated carbocycles. The van der Waals surface area contributed by atoms with Crippen LogP contribution < -0.4 is 14.8 Å². The van der Waals surface area contributed by atoms with Crippen LogP contribution in [0.1, 0.15) is 6.92 Å². The number of anilines is 1. The van der Waals surface area contributed by atoms with Gasteiger partial charge < -0.3 is 14.8 Å². The third kappa shape index (κ3) is 2.78. The molecule has 19 heavy (non-hydrogen) atoms. The number of nitrogens with one attached hydrogen (secondary N) is 1. The van der Waals surface area contributed by atoms with E-state index < -0.39 is 0 Å². The number of pyridine rings is 1. The number of benzene rings is 1. The van der Waals surface area contributed by atoms with Crippen molar-refractivity contribution in [3.8, 4) is 22.8 Å². The summed E-state index contributed by atoms with van der Waals surface area (Å²) in [5, 5.41) is 3.27. The van der Waals surface area contributed by atoms with Crippen LogP contribution >= 0.6 is 0 Å². The van der Waals surface area contributed by atoms with E-state index in [1.165, 1.54) is 0 Å². The second-order valence-corrected chi connectivity index (χ2v) is 4.00. The Labute approximate surface area is 113 Å². The quantitative estimate of drug-likeness (QED) is 0.894. The Kier molecular flexibility index (Phi) is 4.23. The molecule has 0 aliphatic rings. The molecule has 0 atom stereocenters. The number of aromatic nitrogens is 1. The van der Waals surface area contributed by atoms with Crippen LogP contribution in [0.15, 0.2) is 36.5 Å². The summed E-state index contributed by atoms with van der Waals surface area (Å²) < 4.78 is 10.8. The zero-order valence-corrected chi connectivity index (χ0v) is 11.4. The van der Waals surface area contributed by atoms with Gasteiger partial charge in [-0.25, -0.2) is 0 Å². The normalized spacial score (nSPS) is 10.1. The molecule has 0 aliphatic carbocycles. The minimum Gasteiger partial charge on any atom is -0.496 e. The Balaban J connectivity index is 2.53. The molecule has 0 aliphatic heterocycles. The van der Waals surface area contributed by atoms with E-state index in [1.807, 2.05) is 30.3 Å². The van der Waals surface area contributed by atoms with Gasteiger partial charge in [-0.2, -0.15) is 0 Å². The predicted molar refractivity (Wildman–Crippen MR) is 76.9 cm³/mol. The molecule has 4 heteroatoms. The van der Waals surface area contributed by atoms with Crippen molar-refractivity contribution in [2.75, 3.05) is 26.1 Å². The maximum Gasteiger partial charge on any atom is 0.132 e. The minimum atomic E-state index is 0.750. The summed E-state index contributed by atoms with van der Waals surface area (Å²) >= 11 is 0. The largest absolute Gasteiger partial charge is 0.496 e. The number of nitrogens with zero attached hydrogens (tertiary/aromatic N) is 1. The summed E-state index contributed by atoms with van der Waals surface area (Å²) in [6.45, 7) is 2.93. The second-order valence-electron chi connectivity index (χ2n) is 4.00. The van der Waals surface area contributed by atoms with Crippen molar-refractivity contribution in [2.45, 2.75) is 6.92 Å². The number of hydrogen-bond donors (Lipinski definition) is 1. The van der Waals surface area contributed by atoms with E-state index >= 15 is 0 Å². The van der Waals surface area contributed by atoms with E-state index in [-0.39, 0.29) is 0 Å². The second kappa shape index (κ2) is 6.09. The van der Waals surface area contributed by atoms with Gasteiger partial charge in [0.2, 0.25) is 0 Å². The first-order valence-electron chi connectivity index (χ1n) is 6.21. The van der Waals surface area contributed by atoms with Gasteiger partial charge in [-0.1, -0.05) is 6.07 Å². The molecule has 1 N–H and O–H groups in total. The van der Waals surface area contributed by atoms with Gasteiger partial charge in [0.05, 0.1) is 25.5 Å². The van der Waals surface area contributed by atoms with Gasteiger partial charge in [-0.05, 0) is 31.2 Å². The van der Waals surface area contributed by atoms with Gasteiger partial charge in [0, 0.05) is 18.4 Å². The minimum absolute atomic E-state index is 0.750. The lowest BCUT2D eigenvalue weighted by molar-refractivity contribution is 0.397. The molecule has 0 spiro atoms. The van der Waals surface area contributed by atoms with Crippen LogP contribution in [0.3, 0.4) is 0 Å². The first kappa shape index (κ1) is 13.2. The number of ether oxygens (including phenoxy) is 2. The zero-order chi connectivity index (χ0) is 13.7. The summed E-state index contributed by atoms with van der Waals surface area (Å²) in [6.07, 6.45) is 1.78. The Morgan fingerprint density at radius 3 is 2.37 bits per heavy atom. The molecule has 2 aromatic rings. The lowest BCUT2D eigenvalue weighted by Crippen LogP contribution is -1.98. The molecular weight excluding hydrogens is 240 g/mol. The molecule has 0 fully saturated rings. The molecule has 1 aromatic carbocycles. The summed E-state index contributed by atoms with van der Waals surface area (Å²) in [5.74, 6) is 1.50. The SMILES string of the molecule is CCNc1ccnc(-c2c(OC)cccc2OC)c1. The van der Waals surface area contributed by atoms with Gasteiger partial charge in [-0.3, -0.25) is 4.98 Å². The average Bonchev–Trinajstić information content (AvgIpc) is 2.47. The van der Waals surface area contributed by atoms with Crippen molar-refractivity contribution < 1.29 is 9.47 Å².